The van der Waals surface area contributed by atoms with Crippen molar-refractivity contribution in [2.24, 2.45) is 0 Å². The number of benzene rings is 1. The zero-order valence-corrected chi connectivity index (χ0v) is 15.3. The van der Waals surface area contributed by atoms with Gasteiger partial charge in [-0.15, -0.1) is 0 Å². The van der Waals surface area contributed by atoms with Crippen LogP contribution in [-0.4, -0.2) is 42.2 Å². The first-order valence-electron chi connectivity index (χ1n) is 8.51. The largest absolute Gasteiger partial charge is 0.494 e. The van der Waals surface area contributed by atoms with Gasteiger partial charge in [-0.05, 0) is 38.8 Å². The molecule has 2 rings (SSSR count). The zero-order chi connectivity index (χ0) is 19.3. The Morgan fingerprint density at radius 2 is 2.08 bits per heavy atom. The summed E-state index contributed by atoms with van der Waals surface area (Å²) < 4.78 is 5.36. The fourth-order valence-electron chi connectivity index (χ4n) is 2.83. The number of hydrogen-bond acceptors (Lipinski definition) is 4. The van der Waals surface area contributed by atoms with E-state index >= 15 is 0 Å². The highest BCUT2D eigenvalue weighted by atomic mass is 16.5. The lowest BCUT2D eigenvalue weighted by atomic mass is 9.99. The lowest BCUT2D eigenvalue weighted by Crippen LogP contribution is -2.45. The van der Waals surface area contributed by atoms with Crippen LogP contribution in [0, 0.1) is 0 Å². The summed E-state index contributed by atoms with van der Waals surface area (Å²) in [6.45, 7) is 4.18. The van der Waals surface area contributed by atoms with Gasteiger partial charge in [0, 0.05) is 36.7 Å². The molecule has 26 heavy (non-hydrogen) atoms. The summed E-state index contributed by atoms with van der Waals surface area (Å²) in [6.07, 6.45) is 1.63. The standard InChI is InChI=1S/C18H25N3O5/c1-18(2,9-8-16(23)24)20-17(25)19-12-6-7-13(14(11-12)26-3)21-10-4-5-15(21)22/h6-7,11H,4-5,8-10H2,1-3H3,(H,23,24)(H2,19,20,25). The SMILES string of the molecule is COc1cc(NC(=O)NC(C)(C)CCC(=O)O)ccc1N1CCCC1=O. The molecule has 0 aromatic heterocycles. The summed E-state index contributed by atoms with van der Waals surface area (Å²) >= 11 is 0. The van der Waals surface area contributed by atoms with Gasteiger partial charge in [0.05, 0.1) is 12.8 Å². The van der Waals surface area contributed by atoms with E-state index in [1.54, 1.807) is 36.9 Å². The molecule has 142 valence electrons. The van der Waals surface area contributed by atoms with Crippen molar-refractivity contribution >= 4 is 29.3 Å². The molecule has 1 aliphatic rings. The van der Waals surface area contributed by atoms with Crippen molar-refractivity contribution in [3.8, 4) is 5.75 Å². The molecule has 1 heterocycles. The molecule has 3 amide bonds. The van der Waals surface area contributed by atoms with Crippen molar-refractivity contribution < 1.29 is 24.2 Å². The molecule has 1 fully saturated rings. The molecule has 3 N–H and O–H groups in total. The van der Waals surface area contributed by atoms with Crippen molar-refractivity contribution in [3.05, 3.63) is 18.2 Å². The van der Waals surface area contributed by atoms with Crippen LogP contribution in [0.4, 0.5) is 16.2 Å². The highest BCUT2D eigenvalue weighted by Gasteiger charge is 2.25. The minimum Gasteiger partial charge on any atom is -0.494 e. The van der Waals surface area contributed by atoms with E-state index < -0.39 is 17.5 Å². The smallest absolute Gasteiger partial charge is 0.319 e. The molecule has 0 saturated carbocycles. The number of nitrogens with zero attached hydrogens (tertiary/aromatic N) is 1. The van der Waals surface area contributed by atoms with Crippen LogP contribution in [0.3, 0.4) is 0 Å². The number of carboxylic acid groups (broad SMARTS) is 1. The number of carboxylic acids is 1. The van der Waals surface area contributed by atoms with Crippen LogP contribution in [0.15, 0.2) is 18.2 Å². The first-order chi connectivity index (χ1) is 12.2. The highest BCUT2D eigenvalue weighted by molar-refractivity contribution is 5.97. The number of rotatable bonds is 7. The number of amides is 3. The second-order valence-electron chi connectivity index (χ2n) is 6.89. The zero-order valence-electron chi connectivity index (χ0n) is 15.3. The second-order valence-corrected chi connectivity index (χ2v) is 6.89. The predicted molar refractivity (Wildman–Crippen MR) is 97.7 cm³/mol. The van der Waals surface area contributed by atoms with E-state index in [2.05, 4.69) is 10.6 Å². The molecule has 0 radical (unpaired) electrons. The third-order valence-corrected chi connectivity index (χ3v) is 4.22. The quantitative estimate of drug-likeness (QED) is 0.690. The van der Waals surface area contributed by atoms with Crippen LogP contribution >= 0.6 is 0 Å². The van der Waals surface area contributed by atoms with E-state index in [9.17, 15) is 14.4 Å². The Bertz CT molecular complexity index is 702. The first kappa shape index (κ1) is 19.6. The van der Waals surface area contributed by atoms with E-state index in [1.807, 2.05) is 0 Å². The Balaban J connectivity index is 2.04. The molecule has 0 aliphatic carbocycles. The van der Waals surface area contributed by atoms with E-state index in [0.29, 0.717) is 36.5 Å². The number of anilines is 2. The summed E-state index contributed by atoms with van der Waals surface area (Å²) in [5, 5.41) is 14.2. The fraction of sp³-hybridized carbons (Fsp3) is 0.500. The number of hydrogen-bond donors (Lipinski definition) is 3. The molecule has 0 unspecified atom stereocenters. The van der Waals surface area contributed by atoms with Gasteiger partial charge in [0.1, 0.15) is 5.75 Å². The van der Waals surface area contributed by atoms with Gasteiger partial charge in [-0.2, -0.15) is 0 Å². The lowest BCUT2D eigenvalue weighted by Gasteiger charge is -2.26. The van der Waals surface area contributed by atoms with Crippen LogP contribution < -0.4 is 20.3 Å². The molecular weight excluding hydrogens is 338 g/mol. The molecule has 0 bridgehead atoms. The second kappa shape index (κ2) is 8.07. The topological polar surface area (TPSA) is 108 Å². The molecule has 1 aliphatic heterocycles. The normalized spacial score (nSPS) is 14.3. The van der Waals surface area contributed by atoms with Crippen LogP contribution in [-0.2, 0) is 9.59 Å². The molecular formula is C18H25N3O5. The summed E-state index contributed by atoms with van der Waals surface area (Å²) in [6, 6.07) is 4.66. The molecule has 8 nitrogen and oxygen atoms in total. The minimum absolute atomic E-state index is 0.0281. The third-order valence-electron chi connectivity index (χ3n) is 4.22. The van der Waals surface area contributed by atoms with Gasteiger partial charge in [0.25, 0.3) is 0 Å². The Morgan fingerprint density at radius 3 is 2.65 bits per heavy atom. The van der Waals surface area contributed by atoms with Crippen molar-refractivity contribution in [2.75, 3.05) is 23.9 Å². The maximum atomic E-state index is 12.2. The number of urea groups is 1. The number of carbonyl (C=O) groups is 3. The number of carbonyl (C=O) groups excluding carboxylic acids is 2. The molecule has 1 aromatic carbocycles. The van der Waals surface area contributed by atoms with Gasteiger partial charge in [0.2, 0.25) is 5.91 Å². The Hall–Kier alpha value is -2.77. The number of nitrogens with one attached hydrogen (secondary N) is 2. The third kappa shape index (κ3) is 5.11. The fourth-order valence-corrected chi connectivity index (χ4v) is 2.83. The van der Waals surface area contributed by atoms with Gasteiger partial charge in [-0.1, -0.05) is 0 Å². The highest BCUT2D eigenvalue weighted by Crippen LogP contribution is 2.33. The van der Waals surface area contributed by atoms with Crippen LogP contribution in [0.25, 0.3) is 0 Å². The Kier molecular flexibility index (Phi) is 6.07. The van der Waals surface area contributed by atoms with E-state index in [1.165, 1.54) is 7.11 Å². The first-order valence-corrected chi connectivity index (χ1v) is 8.51. The predicted octanol–water partition coefficient (Wildman–Crippen LogP) is 2.59. The van der Waals surface area contributed by atoms with Crippen molar-refractivity contribution in [3.63, 3.8) is 0 Å². The molecule has 1 aromatic rings. The summed E-state index contributed by atoms with van der Waals surface area (Å²) in [7, 11) is 1.51. The lowest BCUT2D eigenvalue weighted by molar-refractivity contribution is -0.137. The monoisotopic (exact) mass is 363 g/mol. The van der Waals surface area contributed by atoms with Crippen molar-refractivity contribution in [1.29, 1.82) is 0 Å². The van der Waals surface area contributed by atoms with E-state index in [4.69, 9.17) is 9.84 Å². The van der Waals surface area contributed by atoms with Crippen LogP contribution in [0.5, 0.6) is 5.75 Å². The van der Waals surface area contributed by atoms with Crippen LogP contribution in [0.2, 0.25) is 0 Å². The number of ether oxygens (including phenoxy) is 1. The van der Waals surface area contributed by atoms with E-state index in [0.717, 1.165) is 6.42 Å². The van der Waals surface area contributed by atoms with Gasteiger partial charge in [0.15, 0.2) is 0 Å². The Labute approximate surface area is 152 Å². The van der Waals surface area contributed by atoms with Gasteiger partial charge in [-0.3, -0.25) is 9.59 Å². The summed E-state index contributed by atoms with van der Waals surface area (Å²) in [4.78, 5) is 36.5. The maximum absolute atomic E-state index is 12.2. The average Bonchev–Trinajstić information content (AvgIpc) is 2.98. The molecule has 1 saturated heterocycles. The van der Waals surface area contributed by atoms with Gasteiger partial charge >= 0.3 is 12.0 Å². The van der Waals surface area contributed by atoms with Gasteiger partial charge in [-0.25, -0.2) is 4.79 Å². The number of methoxy groups -OCH3 is 1. The minimum atomic E-state index is -0.905. The maximum Gasteiger partial charge on any atom is 0.319 e. The van der Waals surface area contributed by atoms with Crippen LogP contribution in [0.1, 0.15) is 39.5 Å². The summed E-state index contributed by atoms with van der Waals surface area (Å²) in [5.41, 5.74) is 0.542. The Morgan fingerprint density at radius 1 is 1.35 bits per heavy atom. The van der Waals surface area contributed by atoms with E-state index in [-0.39, 0.29) is 12.3 Å². The van der Waals surface area contributed by atoms with Crippen molar-refractivity contribution in [2.45, 2.75) is 45.1 Å². The molecule has 0 atom stereocenters. The average molecular weight is 363 g/mol. The van der Waals surface area contributed by atoms with Crippen molar-refractivity contribution in [1.82, 2.24) is 5.32 Å². The number of aliphatic carboxylic acids is 1. The van der Waals surface area contributed by atoms with Gasteiger partial charge < -0.3 is 25.4 Å². The molecule has 8 heteroatoms. The summed E-state index contributed by atoms with van der Waals surface area (Å²) in [5.74, 6) is -0.345. The molecule has 0 spiro atoms.